The first-order valence-electron chi connectivity index (χ1n) is 5.31. The molecular weight excluding hydrogens is 238 g/mol. The van der Waals surface area contributed by atoms with Crippen LogP contribution in [0.4, 0.5) is 0 Å². The van der Waals surface area contributed by atoms with E-state index in [1.54, 1.807) is 19.1 Å². The van der Waals surface area contributed by atoms with Crippen LogP contribution in [0.1, 0.15) is 17.3 Å². The number of benzene rings is 1. The maximum atomic E-state index is 11.8. The van der Waals surface area contributed by atoms with Crippen LogP contribution in [-0.4, -0.2) is 27.6 Å². The van der Waals surface area contributed by atoms with Gasteiger partial charge in [0.25, 0.3) is 0 Å². The number of carbonyl (C=O) groups is 1. The Labute approximate surface area is 102 Å². The molecule has 1 heterocycles. The van der Waals surface area contributed by atoms with Crippen LogP contribution in [0.15, 0.2) is 29.1 Å². The van der Waals surface area contributed by atoms with Crippen molar-refractivity contribution in [3.8, 4) is 5.75 Å². The molecule has 6 nitrogen and oxygen atoms in total. The van der Waals surface area contributed by atoms with E-state index >= 15 is 0 Å². The second-order valence-corrected chi connectivity index (χ2v) is 3.58. The van der Waals surface area contributed by atoms with E-state index in [2.05, 4.69) is 4.74 Å². The third kappa shape index (κ3) is 1.67. The molecule has 2 N–H and O–H groups in total. The number of carbonyl (C=O) groups excluding carboxylic acids is 1. The minimum atomic E-state index is -1.01. The van der Waals surface area contributed by atoms with Gasteiger partial charge < -0.3 is 15.1 Å². The summed E-state index contributed by atoms with van der Waals surface area (Å²) in [7, 11) is 0. The number of para-hydroxylation sites is 1. The fourth-order valence-electron chi connectivity index (χ4n) is 1.70. The summed E-state index contributed by atoms with van der Waals surface area (Å²) in [5, 5.41) is 19.8. The third-order valence-electron chi connectivity index (χ3n) is 2.51. The number of nitrogens with zero attached hydrogens (tertiary/aromatic N) is 1. The van der Waals surface area contributed by atoms with Gasteiger partial charge in [0.05, 0.1) is 12.1 Å². The summed E-state index contributed by atoms with van der Waals surface area (Å²) in [5.74, 6) is -1.45. The summed E-state index contributed by atoms with van der Waals surface area (Å²) in [4.78, 5) is 23.3. The standard InChI is InChI=1S/C12H11NO5/c1-2-18-12(16)9-10(14)7-5-3-4-6-8(7)13(17)11(9)15/h3-6,14,17H,2H2,1H3. The van der Waals surface area contributed by atoms with Gasteiger partial charge in [-0.2, -0.15) is 0 Å². The smallest absolute Gasteiger partial charge is 0.347 e. The van der Waals surface area contributed by atoms with Crippen molar-refractivity contribution in [1.29, 1.82) is 0 Å². The zero-order valence-corrected chi connectivity index (χ0v) is 9.58. The summed E-state index contributed by atoms with van der Waals surface area (Å²) in [5.41, 5.74) is -1.46. The Morgan fingerprint density at radius 2 is 2.06 bits per heavy atom. The van der Waals surface area contributed by atoms with E-state index in [0.29, 0.717) is 4.73 Å². The second kappa shape index (κ2) is 4.40. The lowest BCUT2D eigenvalue weighted by atomic mass is 10.1. The highest BCUT2D eigenvalue weighted by Crippen LogP contribution is 2.25. The van der Waals surface area contributed by atoms with Gasteiger partial charge in [0.1, 0.15) is 5.75 Å². The Balaban J connectivity index is 2.83. The number of aromatic hydroxyl groups is 1. The molecule has 0 aliphatic rings. The molecule has 0 amide bonds. The van der Waals surface area contributed by atoms with Crippen molar-refractivity contribution in [2.75, 3.05) is 6.61 Å². The quantitative estimate of drug-likeness (QED) is 0.615. The molecule has 1 aromatic heterocycles. The maximum Gasteiger partial charge on any atom is 0.347 e. The first-order chi connectivity index (χ1) is 8.57. The first-order valence-corrected chi connectivity index (χ1v) is 5.31. The molecule has 0 radical (unpaired) electrons. The van der Waals surface area contributed by atoms with Gasteiger partial charge in [0.15, 0.2) is 5.56 Å². The van der Waals surface area contributed by atoms with Crippen LogP contribution < -0.4 is 5.56 Å². The van der Waals surface area contributed by atoms with Crippen molar-refractivity contribution in [2.24, 2.45) is 0 Å². The Morgan fingerprint density at radius 1 is 1.39 bits per heavy atom. The van der Waals surface area contributed by atoms with E-state index in [4.69, 9.17) is 0 Å². The fourth-order valence-corrected chi connectivity index (χ4v) is 1.70. The van der Waals surface area contributed by atoms with Crippen molar-refractivity contribution < 1.29 is 19.8 Å². The topological polar surface area (TPSA) is 88.8 Å². The van der Waals surface area contributed by atoms with Crippen LogP contribution in [0.25, 0.3) is 10.9 Å². The van der Waals surface area contributed by atoms with Crippen LogP contribution in [0.2, 0.25) is 0 Å². The van der Waals surface area contributed by atoms with E-state index < -0.39 is 22.8 Å². The van der Waals surface area contributed by atoms with Gasteiger partial charge in [0.2, 0.25) is 0 Å². The van der Waals surface area contributed by atoms with Crippen molar-refractivity contribution in [3.05, 3.63) is 40.2 Å². The van der Waals surface area contributed by atoms with Gasteiger partial charge in [-0.1, -0.05) is 12.1 Å². The second-order valence-electron chi connectivity index (χ2n) is 3.58. The van der Waals surface area contributed by atoms with Crippen LogP contribution >= 0.6 is 0 Å². The number of rotatable bonds is 2. The molecule has 0 atom stereocenters. The Hall–Kier alpha value is -2.50. The fraction of sp³-hybridized carbons (Fsp3) is 0.167. The van der Waals surface area contributed by atoms with Crippen molar-refractivity contribution in [1.82, 2.24) is 4.73 Å². The molecule has 94 valence electrons. The van der Waals surface area contributed by atoms with Crippen LogP contribution in [0.3, 0.4) is 0 Å². The predicted molar refractivity (Wildman–Crippen MR) is 63.0 cm³/mol. The van der Waals surface area contributed by atoms with E-state index in [0.717, 1.165) is 0 Å². The molecule has 18 heavy (non-hydrogen) atoms. The molecule has 6 heteroatoms. The molecule has 0 saturated carbocycles. The molecule has 0 spiro atoms. The lowest BCUT2D eigenvalue weighted by Gasteiger charge is -2.09. The number of ether oxygens (including phenoxy) is 1. The van der Waals surface area contributed by atoms with Crippen LogP contribution in [0.5, 0.6) is 5.75 Å². The summed E-state index contributed by atoms with van der Waals surface area (Å²) in [6.45, 7) is 1.64. The summed E-state index contributed by atoms with van der Waals surface area (Å²) >= 11 is 0. The van der Waals surface area contributed by atoms with Gasteiger partial charge in [-0.3, -0.25) is 4.79 Å². The Bertz CT molecular complexity index is 674. The summed E-state index contributed by atoms with van der Waals surface area (Å²) in [6, 6.07) is 6.14. The molecule has 2 rings (SSSR count). The number of fused-ring (bicyclic) bond motifs is 1. The van der Waals surface area contributed by atoms with Crippen molar-refractivity contribution >= 4 is 16.9 Å². The minimum absolute atomic E-state index is 0.0654. The molecule has 0 bridgehead atoms. The summed E-state index contributed by atoms with van der Waals surface area (Å²) in [6.07, 6.45) is 0. The van der Waals surface area contributed by atoms with Crippen LogP contribution in [0, 0.1) is 0 Å². The number of hydrogen-bond donors (Lipinski definition) is 2. The number of hydrogen-bond acceptors (Lipinski definition) is 5. The molecular formula is C12H11NO5. The molecule has 0 saturated heterocycles. The highest BCUT2D eigenvalue weighted by atomic mass is 16.5. The molecule has 0 unspecified atom stereocenters. The molecule has 0 aliphatic heterocycles. The van der Waals surface area contributed by atoms with Gasteiger partial charge in [-0.25, -0.2) is 4.79 Å². The van der Waals surface area contributed by atoms with E-state index in [1.807, 2.05) is 0 Å². The number of aromatic nitrogens is 1. The van der Waals surface area contributed by atoms with Gasteiger partial charge in [0, 0.05) is 5.39 Å². The van der Waals surface area contributed by atoms with Crippen LogP contribution in [-0.2, 0) is 4.74 Å². The lowest BCUT2D eigenvalue weighted by Crippen LogP contribution is -2.26. The van der Waals surface area contributed by atoms with E-state index in [9.17, 15) is 19.9 Å². The van der Waals surface area contributed by atoms with Gasteiger partial charge >= 0.3 is 11.5 Å². The van der Waals surface area contributed by atoms with Crippen molar-refractivity contribution in [3.63, 3.8) is 0 Å². The predicted octanol–water partition coefficient (Wildman–Crippen LogP) is 1.12. The minimum Gasteiger partial charge on any atom is -0.506 e. The first kappa shape index (κ1) is 12.0. The highest BCUT2D eigenvalue weighted by molar-refractivity contribution is 5.99. The third-order valence-corrected chi connectivity index (χ3v) is 2.51. The number of pyridine rings is 1. The normalized spacial score (nSPS) is 10.5. The zero-order chi connectivity index (χ0) is 13.3. The zero-order valence-electron chi connectivity index (χ0n) is 9.58. The van der Waals surface area contributed by atoms with Gasteiger partial charge in [-0.15, -0.1) is 4.73 Å². The lowest BCUT2D eigenvalue weighted by molar-refractivity contribution is 0.0515. The van der Waals surface area contributed by atoms with Gasteiger partial charge in [-0.05, 0) is 19.1 Å². The van der Waals surface area contributed by atoms with E-state index in [1.165, 1.54) is 12.1 Å². The Morgan fingerprint density at radius 3 is 2.72 bits per heavy atom. The van der Waals surface area contributed by atoms with Crippen molar-refractivity contribution in [2.45, 2.75) is 6.92 Å². The maximum absolute atomic E-state index is 11.8. The molecule has 2 aromatic rings. The largest absolute Gasteiger partial charge is 0.506 e. The Kier molecular flexibility index (Phi) is 2.93. The average molecular weight is 249 g/mol. The summed E-state index contributed by atoms with van der Waals surface area (Å²) < 4.78 is 4.99. The SMILES string of the molecule is CCOC(=O)c1c(O)c2ccccc2n(O)c1=O. The highest BCUT2D eigenvalue weighted by Gasteiger charge is 2.22. The average Bonchev–Trinajstić information content (AvgIpc) is 2.37. The molecule has 0 aliphatic carbocycles. The molecule has 0 fully saturated rings. The number of esters is 1. The monoisotopic (exact) mass is 249 g/mol. The molecule has 1 aromatic carbocycles. The van der Waals surface area contributed by atoms with E-state index in [-0.39, 0.29) is 17.5 Å².